The molecule has 0 aliphatic carbocycles. The molecule has 0 radical (unpaired) electrons. The molecule has 0 spiro atoms. The molecule has 0 bridgehead atoms. The molecule has 8 unspecified atom stereocenters. The Hall–Kier alpha value is -6.78. The number of carboxylic acids is 9. The lowest BCUT2D eigenvalue weighted by molar-refractivity contribution is -0.192. The lowest BCUT2D eigenvalue weighted by Gasteiger charge is -2.11. The van der Waals surface area contributed by atoms with Gasteiger partial charge in [0.1, 0.15) is 0 Å². The highest BCUT2D eigenvalue weighted by atomic mass is 16.4. The summed E-state index contributed by atoms with van der Waals surface area (Å²) in [7, 11) is 0. The molecular formula is C50H89NO23. The number of carbonyl (C=O) groups excluding carboxylic acids is 3. The summed E-state index contributed by atoms with van der Waals surface area (Å²) in [5, 5.41) is 92.7. The summed E-state index contributed by atoms with van der Waals surface area (Å²) < 4.78 is 0. The fourth-order valence-electron chi connectivity index (χ4n) is 3.06. The van der Waals surface area contributed by atoms with Gasteiger partial charge < -0.3 is 61.5 Å². The Morgan fingerprint density at radius 3 is 1.00 bits per heavy atom. The zero-order valence-electron chi connectivity index (χ0n) is 45.9. The molecular weight excluding hydrogens is 983 g/mol. The second-order valence-electron chi connectivity index (χ2n) is 17.2. The summed E-state index contributed by atoms with van der Waals surface area (Å²) in [4.78, 5) is 115. The third-order valence-electron chi connectivity index (χ3n) is 8.97. The molecule has 1 aromatic rings. The Bertz CT molecular complexity index is 1660. The van der Waals surface area contributed by atoms with Crippen LogP contribution in [0.15, 0.2) is 30.3 Å². The van der Waals surface area contributed by atoms with Gasteiger partial charge >= 0.3 is 59.9 Å². The minimum Gasteiger partial charge on any atom is -0.481 e. The lowest BCUT2D eigenvalue weighted by atomic mass is 9.94. The van der Waals surface area contributed by atoms with Crippen molar-refractivity contribution in [2.24, 2.45) is 59.2 Å². The van der Waals surface area contributed by atoms with E-state index in [-0.39, 0.29) is 55.3 Å². The molecule has 1 aromatic carbocycles. The first-order valence-electron chi connectivity index (χ1n) is 23.3. The molecule has 24 heteroatoms. The summed E-state index contributed by atoms with van der Waals surface area (Å²) in [6.07, 6.45) is 2.52. The van der Waals surface area contributed by atoms with Crippen molar-refractivity contribution >= 4 is 66.3 Å². The molecule has 24 nitrogen and oxygen atoms in total. The highest BCUT2D eigenvalue weighted by Crippen LogP contribution is 2.14. The Morgan fingerprint density at radius 1 is 0.527 bits per heavy atom. The second kappa shape index (κ2) is 57.1. The molecule has 0 aliphatic heterocycles. The van der Waals surface area contributed by atoms with E-state index in [1.807, 2.05) is 58.0 Å². The predicted octanol–water partition coefficient (Wildman–Crippen LogP) is 6.05. The van der Waals surface area contributed by atoms with Crippen LogP contribution >= 0.6 is 0 Å². The van der Waals surface area contributed by atoms with Crippen LogP contribution in [0.2, 0.25) is 0 Å². The lowest BCUT2D eigenvalue weighted by Crippen LogP contribution is -2.24. The summed E-state index contributed by atoms with van der Waals surface area (Å²) in [6.45, 7) is 27.2. The van der Waals surface area contributed by atoms with Crippen molar-refractivity contribution in [3.05, 3.63) is 35.9 Å². The predicted molar refractivity (Wildman–Crippen MR) is 271 cm³/mol. The third-order valence-corrected chi connectivity index (χ3v) is 8.97. The molecule has 1 amide bonds. The van der Waals surface area contributed by atoms with Gasteiger partial charge in [0.05, 0.1) is 60.1 Å². The van der Waals surface area contributed by atoms with Crippen molar-refractivity contribution in [1.82, 2.24) is 5.32 Å². The van der Waals surface area contributed by atoms with Crippen LogP contribution in [0.3, 0.4) is 0 Å². The Morgan fingerprint density at radius 2 is 0.851 bits per heavy atom. The van der Waals surface area contributed by atoms with Gasteiger partial charge in [-0.25, -0.2) is 0 Å². The number of aliphatic hydroxyl groups excluding tert-OH is 2. The van der Waals surface area contributed by atoms with E-state index in [0.717, 1.165) is 18.4 Å². The molecule has 0 saturated heterocycles. The summed E-state index contributed by atoms with van der Waals surface area (Å²) in [6, 6.07) is 9.65. The van der Waals surface area contributed by atoms with Gasteiger partial charge in [0.15, 0.2) is 0 Å². The molecule has 0 aliphatic rings. The van der Waals surface area contributed by atoms with Gasteiger partial charge in [0, 0.05) is 13.0 Å². The van der Waals surface area contributed by atoms with Crippen LogP contribution in [0, 0.1) is 59.2 Å². The van der Waals surface area contributed by atoms with Crippen molar-refractivity contribution in [2.75, 3.05) is 13.2 Å². The second-order valence-corrected chi connectivity index (χ2v) is 17.2. The topological polar surface area (TPSA) is 439 Å². The van der Waals surface area contributed by atoms with Crippen LogP contribution in [0.4, 0.5) is 0 Å². The fourth-order valence-corrected chi connectivity index (χ4v) is 3.06. The number of aliphatic carboxylic acids is 9. The van der Waals surface area contributed by atoms with Gasteiger partial charge in [-0.15, -0.1) is 0 Å². The van der Waals surface area contributed by atoms with E-state index in [1.54, 1.807) is 55.4 Å². The molecule has 432 valence electrons. The number of rotatable bonds is 20. The van der Waals surface area contributed by atoms with Gasteiger partial charge in [-0.1, -0.05) is 127 Å². The minimum atomic E-state index is -0.958. The smallest absolute Gasteiger partial charge is 0.373 e. The zero-order valence-corrected chi connectivity index (χ0v) is 45.9. The summed E-state index contributed by atoms with van der Waals surface area (Å²) in [5.41, 5.74) is 1.08. The van der Waals surface area contributed by atoms with Gasteiger partial charge in [-0.05, 0) is 51.0 Å². The molecule has 0 heterocycles. The average molecular weight is 1070 g/mol. The van der Waals surface area contributed by atoms with Crippen LogP contribution in [-0.2, 0) is 64.0 Å². The van der Waals surface area contributed by atoms with E-state index in [1.165, 1.54) is 27.7 Å². The van der Waals surface area contributed by atoms with Crippen LogP contribution in [-0.4, -0.2) is 142 Å². The maximum Gasteiger partial charge on any atom is 0.373 e. The van der Waals surface area contributed by atoms with Crippen LogP contribution in [0.25, 0.3) is 0 Å². The number of benzene rings is 1. The first kappa shape index (κ1) is 87.0. The average Bonchev–Trinajstić information content (AvgIpc) is 3.31. The van der Waals surface area contributed by atoms with Crippen molar-refractivity contribution in [2.45, 2.75) is 143 Å². The van der Waals surface area contributed by atoms with Gasteiger partial charge in [0.25, 0.3) is 0 Å². The van der Waals surface area contributed by atoms with Crippen LogP contribution < -0.4 is 5.32 Å². The first-order valence-corrected chi connectivity index (χ1v) is 23.3. The molecule has 12 N–H and O–H groups in total. The van der Waals surface area contributed by atoms with E-state index < -0.39 is 77.6 Å². The monoisotopic (exact) mass is 1070 g/mol. The van der Waals surface area contributed by atoms with Crippen molar-refractivity contribution in [3.63, 3.8) is 0 Å². The number of carboxylic acid groups (broad SMARTS) is 9. The molecule has 8 atom stereocenters. The molecule has 0 fully saturated rings. The van der Waals surface area contributed by atoms with Crippen LogP contribution in [0.5, 0.6) is 0 Å². The largest absolute Gasteiger partial charge is 0.481 e. The number of hydrogen-bond acceptors (Lipinski definition) is 14. The molecule has 0 aromatic heterocycles. The summed E-state index contributed by atoms with van der Waals surface area (Å²) >= 11 is 0. The minimum absolute atomic E-state index is 0.190. The Labute approximate surface area is 435 Å². The summed E-state index contributed by atoms with van der Waals surface area (Å²) in [5.74, 6) is -9.32. The standard InChI is InChI=1S/C10H12O2.2C7H14O2.C5H9NO3.C5H10O3.C4H8O3.2C4H8O2.C3H6O2.CO2/c1-8(10(11)12)7-9-5-3-2-4-6-9;1-5(2)4-6(3)7(8)9;1-4-5(2)6(3)7(8)9;1-4(5(8)9)2-6-3-7;1-3(4(2)6)5(7)8;1-3(2-5)4(6)7;2*1-3(2)4(5)6;1-2-3(4)5;2-1-3/h2-6,8H,7H2,1H3,(H,11,12);2*5-6H,4H2,1-3H3,(H,8,9);3-4H,2H2,1H3,(H,6,7)(H,8,9);3-4,6H,1-2H3,(H,7,8);3,5H,2H2,1H3,(H,6,7);2*3H,1-2H3,(H,5,6);2H2,1H3,(H,4,5);. The van der Waals surface area contributed by atoms with Crippen molar-refractivity contribution in [3.8, 4) is 0 Å². The number of aliphatic hydroxyl groups is 2. The Balaban J connectivity index is -0.0000000921. The molecule has 0 saturated carbocycles. The van der Waals surface area contributed by atoms with Gasteiger partial charge in [-0.3, -0.25) is 47.9 Å². The SMILES string of the molecule is CC(C)C(=O)O.CC(C)C(=O)O.CC(C)CC(C)C(=O)O.CC(CNC=O)C(=O)O.CC(CO)C(=O)O.CC(Cc1ccccc1)C(=O)O.CC(O)C(C)C(=O)O.CCC(=O)O.CCC(C)C(C)C(=O)O.O=C=O. The number of amides is 1. The molecule has 1 rings (SSSR count). The zero-order chi connectivity index (χ0) is 61.0. The van der Waals surface area contributed by atoms with Crippen molar-refractivity contribution in [1.29, 1.82) is 0 Å². The molecule has 74 heavy (non-hydrogen) atoms. The van der Waals surface area contributed by atoms with E-state index >= 15 is 0 Å². The normalized spacial score (nSPS) is 12.4. The highest BCUT2D eigenvalue weighted by molar-refractivity contribution is 5.72. The maximum atomic E-state index is 10.5. The van der Waals surface area contributed by atoms with Crippen molar-refractivity contribution < 1.29 is 114 Å². The number of carbonyl (C=O) groups is 10. The quantitative estimate of drug-likeness (QED) is 0.0661. The maximum absolute atomic E-state index is 10.5. The van der Waals surface area contributed by atoms with E-state index in [0.29, 0.717) is 24.7 Å². The van der Waals surface area contributed by atoms with Crippen LogP contribution in [0.1, 0.15) is 136 Å². The number of hydrogen-bond donors (Lipinski definition) is 12. The van der Waals surface area contributed by atoms with E-state index in [4.69, 9.17) is 65.8 Å². The number of nitrogens with one attached hydrogen (secondary N) is 1. The van der Waals surface area contributed by atoms with E-state index in [9.17, 15) is 47.9 Å². The highest BCUT2D eigenvalue weighted by Gasteiger charge is 2.17. The fraction of sp³-hybridized carbons (Fsp3) is 0.660. The van der Waals surface area contributed by atoms with Gasteiger partial charge in [0.2, 0.25) is 6.41 Å². The Kier molecular flexibility index (Phi) is 67.1. The third kappa shape index (κ3) is 76.7. The van der Waals surface area contributed by atoms with Gasteiger partial charge in [-0.2, -0.15) is 9.59 Å². The first-order chi connectivity index (χ1) is 33.7. The van der Waals surface area contributed by atoms with E-state index in [2.05, 4.69) is 5.32 Å².